The molecular weight excluding hydrogens is 195 g/mol. The predicted molar refractivity (Wildman–Crippen MR) is 55.2 cm³/mol. The summed E-state index contributed by atoms with van der Waals surface area (Å²) in [5, 5.41) is 0. The predicted octanol–water partition coefficient (Wildman–Crippen LogP) is 1.46. The van der Waals surface area contributed by atoms with E-state index in [-0.39, 0.29) is 0 Å². The largest absolute Gasteiger partial charge is 0.306 e. The molecule has 6 heteroatoms. The monoisotopic (exact) mass is 213 g/mol. The Morgan fingerprint density at radius 2 is 1.00 bits per heavy atom. The van der Waals surface area contributed by atoms with E-state index >= 15 is 0 Å². The van der Waals surface area contributed by atoms with Gasteiger partial charge in [0.2, 0.25) is 0 Å². The SMILES string of the molecule is CN(C)P(=C(F)F)(N(C)C)N(C)C. The molecule has 80 valence electrons. The van der Waals surface area contributed by atoms with Crippen molar-refractivity contribution in [2.45, 2.75) is 0 Å². The zero-order valence-electron chi connectivity index (χ0n) is 9.04. The van der Waals surface area contributed by atoms with Gasteiger partial charge in [-0.1, -0.05) is 0 Å². The van der Waals surface area contributed by atoms with Gasteiger partial charge >= 0.3 is 5.80 Å². The van der Waals surface area contributed by atoms with Crippen LogP contribution in [0.4, 0.5) is 8.78 Å². The molecule has 3 nitrogen and oxygen atoms in total. The summed E-state index contributed by atoms with van der Waals surface area (Å²) in [4.78, 5) is 0. The van der Waals surface area contributed by atoms with Crippen molar-refractivity contribution in [3.8, 4) is 0 Å². The zero-order valence-corrected chi connectivity index (χ0v) is 9.94. The second kappa shape index (κ2) is 4.51. The summed E-state index contributed by atoms with van der Waals surface area (Å²) in [5.41, 5.74) is 0. The Labute approximate surface area is 79.1 Å². The van der Waals surface area contributed by atoms with Crippen LogP contribution in [0.5, 0.6) is 0 Å². The number of hydrogen-bond donors (Lipinski definition) is 0. The highest BCUT2D eigenvalue weighted by Crippen LogP contribution is 2.54. The molecule has 0 rings (SSSR count). The van der Waals surface area contributed by atoms with E-state index in [1.165, 1.54) is 0 Å². The summed E-state index contributed by atoms with van der Waals surface area (Å²) in [6, 6.07) is 0. The van der Waals surface area contributed by atoms with Crippen molar-refractivity contribution in [3.63, 3.8) is 0 Å². The minimum atomic E-state index is -2.70. The van der Waals surface area contributed by atoms with Crippen LogP contribution in [0.3, 0.4) is 0 Å². The maximum Gasteiger partial charge on any atom is 0.306 e. The average molecular weight is 213 g/mol. The van der Waals surface area contributed by atoms with Gasteiger partial charge in [-0.15, -0.1) is 0 Å². The Balaban J connectivity index is 5.50. The summed E-state index contributed by atoms with van der Waals surface area (Å²) < 4.78 is 30.7. The van der Waals surface area contributed by atoms with E-state index in [4.69, 9.17) is 0 Å². The number of halogens is 2. The first-order valence-electron chi connectivity index (χ1n) is 3.88. The zero-order chi connectivity index (χ0) is 10.8. The molecule has 0 amide bonds. The van der Waals surface area contributed by atoms with Gasteiger partial charge in [-0.05, 0) is 42.3 Å². The molecule has 0 spiro atoms. The summed E-state index contributed by atoms with van der Waals surface area (Å²) in [6.45, 7) is 0. The topological polar surface area (TPSA) is 9.72 Å². The van der Waals surface area contributed by atoms with Gasteiger partial charge in [-0.25, -0.2) is 0 Å². The lowest BCUT2D eigenvalue weighted by atomic mass is 11.2. The van der Waals surface area contributed by atoms with Crippen LogP contribution in [-0.4, -0.2) is 62.1 Å². The second-order valence-electron chi connectivity index (χ2n) is 3.35. The third-order valence-corrected chi connectivity index (χ3v) is 5.70. The van der Waals surface area contributed by atoms with Gasteiger partial charge in [-0.3, -0.25) is 14.0 Å². The highest BCUT2D eigenvalue weighted by Gasteiger charge is 2.32. The molecule has 0 fully saturated rings. The van der Waals surface area contributed by atoms with Crippen molar-refractivity contribution in [1.29, 1.82) is 0 Å². The molecular formula is C7H18F2N3P. The fraction of sp³-hybridized carbons (Fsp3) is 0.857. The lowest BCUT2D eigenvalue weighted by Crippen LogP contribution is -2.33. The molecule has 0 aromatic carbocycles. The molecule has 0 aromatic rings. The molecule has 0 unspecified atom stereocenters. The summed E-state index contributed by atoms with van der Waals surface area (Å²) >= 11 is 0. The molecule has 0 aliphatic rings. The molecule has 13 heavy (non-hydrogen) atoms. The van der Waals surface area contributed by atoms with Crippen LogP contribution in [-0.2, 0) is 0 Å². The summed E-state index contributed by atoms with van der Waals surface area (Å²) in [5.74, 6) is -1.52. The van der Waals surface area contributed by atoms with Crippen LogP contribution in [0.1, 0.15) is 0 Å². The van der Waals surface area contributed by atoms with Crippen LogP contribution >= 0.6 is 7.34 Å². The van der Waals surface area contributed by atoms with Crippen molar-refractivity contribution < 1.29 is 8.78 Å². The molecule has 0 saturated heterocycles. The van der Waals surface area contributed by atoms with Crippen molar-refractivity contribution in [2.75, 3.05) is 42.3 Å². The normalized spacial score (nSPS) is 13.2. The van der Waals surface area contributed by atoms with Crippen LogP contribution in [0, 0.1) is 0 Å². The van der Waals surface area contributed by atoms with Crippen molar-refractivity contribution in [1.82, 2.24) is 14.0 Å². The van der Waals surface area contributed by atoms with Crippen molar-refractivity contribution in [3.05, 3.63) is 0 Å². The molecule has 0 radical (unpaired) electrons. The molecule has 0 bridgehead atoms. The van der Waals surface area contributed by atoms with E-state index in [2.05, 4.69) is 0 Å². The highest BCUT2D eigenvalue weighted by molar-refractivity contribution is 7.68. The third kappa shape index (κ3) is 2.10. The molecule has 0 N–H and O–H groups in total. The fourth-order valence-corrected chi connectivity index (χ4v) is 4.58. The second-order valence-corrected chi connectivity index (χ2v) is 7.23. The number of nitrogens with zero attached hydrogens (tertiary/aromatic N) is 3. The van der Waals surface area contributed by atoms with Crippen molar-refractivity contribution in [2.24, 2.45) is 0 Å². The first kappa shape index (κ1) is 13.0. The van der Waals surface area contributed by atoms with Crippen LogP contribution in [0.2, 0.25) is 0 Å². The lowest BCUT2D eigenvalue weighted by molar-refractivity contribution is 0.471. The first-order chi connectivity index (χ1) is 5.77. The Hall–Kier alpha value is 0.0400. The quantitative estimate of drug-likeness (QED) is 0.657. The van der Waals surface area contributed by atoms with E-state index in [9.17, 15) is 8.78 Å². The Bertz CT molecular complexity index is 193. The van der Waals surface area contributed by atoms with E-state index in [0.717, 1.165) is 0 Å². The van der Waals surface area contributed by atoms with Gasteiger partial charge < -0.3 is 0 Å². The molecule has 0 aromatic heterocycles. The molecule has 0 aliphatic carbocycles. The standard InChI is InChI=1S/C7H18F2N3P/c1-10(2)13(7(8)9,11(3)4)12(5)6/h1-6H3. The Morgan fingerprint density at radius 1 is 0.769 bits per heavy atom. The van der Waals surface area contributed by atoms with Crippen LogP contribution in [0.15, 0.2) is 0 Å². The Kier molecular flexibility index (Phi) is 4.52. The van der Waals surface area contributed by atoms with Gasteiger partial charge in [-0.2, -0.15) is 8.78 Å². The number of rotatable bonds is 3. The van der Waals surface area contributed by atoms with Gasteiger partial charge in [0.15, 0.2) is 0 Å². The van der Waals surface area contributed by atoms with E-state index in [1.54, 1.807) is 56.3 Å². The maximum atomic E-state index is 12.9. The van der Waals surface area contributed by atoms with Crippen molar-refractivity contribution >= 4 is 13.1 Å². The summed E-state index contributed by atoms with van der Waals surface area (Å²) in [6.07, 6.45) is 0. The first-order valence-corrected chi connectivity index (χ1v) is 5.53. The minimum Gasteiger partial charge on any atom is -0.262 e. The summed E-state index contributed by atoms with van der Waals surface area (Å²) in [7, 11) is 7.34. The van der Waals surface area contributed by atoms with Crippen LogP contribution in [0.25, 0.3) is 0 Å². The van der Waals surface area contributed by atoms with E-state index < -0.39 is 13.1 Å². The molecule has 0 atom stereocenters. The fourth-order valence-electron chi connectivity index (χ4n) is 1.53. The van der Waals surface area contributed by atoms with Gasteiger partial charge in [0, 0.05) is 0 Å². The van der Waals surface area contributed by atoms with Gasteiger partial charge in [0.05, 0.1) is 0 Å². The Morgan fingerprint density at radius 3 is 1.00 bits per heavy atom. The molecule has 0 saturated carbocycles. The van der Waals surface area contributed by atoms with Gasteiger partial charge in [0.1, 0.15) is 7.34 Å². The molecule has 0 heterocycles. The lowest BCUT2D eigenvalue weighted by Gasteiger charge is -2.41. The highest BCUT2D eigenvalue weighted by atomic mass is 31.2. The minimum absolute atomic E-state index is 1.52. The average Bonchev–Trinajstić information content (AvgIpc) is 1.82. The smallest absolute Gasteiger partial charge is 0.262 e. The third-order valence-electron chi connectivity index (χ3n) is 1.90. The number of hydrogen-bond acceptors (Lipinski definition) is 3. The maximum absolute atomic E-state index is 12.9. The van der Waals surface area contributed by atoms with Crippen LogP contribution < -0.4 is 0 Å². The van der Waals surface area contributed by atoms with E-state index in [1.807, 2.05) is 0 Å². The van der Waals surface area contributed by atoms with Gasteiger partial charge in [0.25, 0.3) is 0 Å². The molecule has 0 aliphatic heterocycles. The van der Waals surface area contributed by atoms with E-state index in [0.29, 0.717) is 0 Å².